The minimum Gasteiger partial charge on any atom is -0.486 e. The Labute approximate surface area is 118 Å². The van der Waals surface area contributed by atoms with Gasteiger partial charge in [-0.05, 0) is 31.5 Å². The Morgan fingerprint density at radius 3 is 2.90 bits per heavy atom. The number of benzene rings is 1. The summed E-state index contributed by atoms with van der Waals surface area (Å²) in [5.74, 6) is 1.63. The molecule has 2 aliphatic rings. The minimum absolute atomic E-state index is 0.0676. The van der Waals surface area contributed by atoms with Crippen molar-refractivity contribution in [2.75, 3.05) is 31.2 Å². The van der Waals surface area contributed by atoms with Crippen molar-refractivity contribution >= 4 is 11.6 Å². The molecule has 5 nitrogen and oxygen atoms in total. The molecule has 108 valence electrons. The van der Waals surface area contributed by atoms with Gasteiger partial charge in [0.1, 0.15) is 13.2 Å². The zero-order chi connectivity index (χ0) is 13.9. The number of anilines is 1. The van der Waals surface area contributed by atoms with Crippen LogP contribution in [0.5, 0.6) is 11.5 Å². The van der Waals surface area contributed by atoms with Crippen molar-refractivity contribution in [1.82, 2.24) is 5.32 Å². The molecule has 1 atom stereocenters. The summed E-state index contributed by atoms with van der Waals surface area (Å²) in [7, 11) is 0. The van der Waals surface area contributed by atoms with E-state index in [1.807, 2.05) is 30.0 Å². The zero-order valence-electron chi connectivity index (χ0n) is 11.7. The Kier molecular flexibility index (Phi) is 3.78. The van der Waals surface area contributed by atoms with Crippen LogP contribution in [-0.4, -0.2) is 38.3 Å². The Bertz CT molecular complexity index is 502. The first kappa shape index (κ1) is 13.2. The van der Waals surface area contributed by atoms with Gasteiger partial charge in [-0.3, -0.25) is 4.79 Å². The fourth-order valence-corrected chi connectivity index (χ4v) is 2.77. The molecule has 20 heavy (non-hydrogen) atoms. The summed E-state index contributed by atoms with van der Waals surface area (Å²) in [6, 6.07) is 5.65. The quantitative estimate of drug-likeness (QED) is 0.910. The lowest BCUT2D eigenvalue weighted by atomic mass is 10.0. The number of hydrogen-bond donors (Lipinski definition) is 1. The second-order valence-electron chi connectivity index (χ2n) is 5.07. The molecule has 5 heteroatoms. The van der Waals surface area contributed by atoms with Crippen LogP contribution in [0.1, 0.15) is 19.8 Å². The van der Waals surface area contributed by atoms with E-state index in [1.54, 1.807) is 0 Å². The number of hydrogen-bond acceptors (Lipinski definition) is 4. The van der Waals surface area contributed by atoms with E-state index in [0.717, 1.165) is 43.1 Å². The number of nitrogens with one attached hydrogen (secondary N) is 1. The van der Waals surface area contributed by atoms with Gasteiger partial charge in [-0.15, -0.1) is 0 Å². The second-order valence-corrected chi connectivity index (χ2v) is 5.07. The molecule has 0 aromatic heterocycles. The highest BCUT2D eigenvalue weighted by atomic mass is 16.6. The van der Waals surface area contributed by atoms with Crippen molar-refractivity contribution in [2.24, 2.45) is 0 Å². The van der Waals surface area contributed by atoms with Gasteiger partial charge in [-0.1, -0.05) is 6.92 Å². The third-order valence-electron chi connectivity index (χ3n) is 3.73. The number of rotatable bonds is 3. The first-order valence-electron chi connectivity index (χ1n) is 7.24. The third kappa shape index (κ3) is 2.45. The summed E-state index contributed by atoms with van der Waals surface area (Å²) in [6.07, 6.45) is 1.92. The molecular formula is C15H20N2O3. The summed E-state index contributed by atoms with van der Waals surface area (Å²) < 4.78 is 11.1. The van der Waals surface area contributed by atoms with E-state index in [1.165, 1.54) is 0 Å². The predicted molar refractivity (Wildman–Crippen MR) is 76.5 cm³/mol. The summed E-state index contributed by atoms with van der Waals surface area (Å²) in [5.41, 5.74) is 0.891. The fourth-order valence-electron chi connectivity index (χ4n) is 2.77. The molecule has 2 aliphatic heterocycles. The van der Waals surface area contributed by atoms with E-state index in [4.69, 9.17) is 9.47 Å². The Balaban J connectivity index is 1.82. The fraction of sp³-hybridized carbons (Fsp3) is 0.533. The summed E-state index contributed by atoms with van der Waals surface area (Å²) in [4.78, 5) is 14.3. The summed E-state index contributed by atoms with van der Waals surface area (Å²) in [6.45, 7) is 4.74. The molecule has 2 heterocycles. The van der Waals surface area contributed by atoms with E-state index in [2.05, 4.69) is 5.32 Å². The number of carbonyl (C=O) groups is 1. The van der Waals surface area contributed by atoms with Crippen LogP contribution in [0.4, 0.5) is 5.69 Å². The van der Waals surface area contributed by atoms with Crippen LogP contribution in [0, 0.1) is 0 Å². The van der Waals surface area contributed by atoms with Crippen molar-refractivity contribution < 1.29 is 14.3 Å². The first-order valence-corrected chi connectivity index (χ1v) is 7.24. The van der Waals surface area contributed by atoms with E-state index in [-0.39, 0.29) is 11.9 Å². The molecule has 1 aromatic carbocycles. The number of fused-ring (bicyclic) bond motifs is 1. The summed E-state index contributed by atoms with van der Waals surface area (Å²) in [5, 5.41) is 3.25. The van der Waals surface area contributed by atoms with Crippen LogP contribution < -0.4 is 19.7 Å². The maximum absolute atomic E-state index is 12.5. The number of amides is 1. The zero-order valence-corrected chi connectivity index (χ0v) is 11.7. The van der Waals surface area contributed by atoms with Gasteiger partial charge in [0.05, 0.1) is 6.04 Å². The SMILES string of the molecule is CCNC1CCCN(c2ccc3c(c2)OCCO3)C1=O. The predicted octanol–water partition coefficient (Wildman–Crippen LogP) is 1.56. The smallest absolute Gasteiger partial charge is 0.244 e. The van der Waals surface area contributed by atoms with Crippen molar-refractivity contribution in [2.45, 2.75) is 25.8 Å². The minimum atomic E-state index is -0.0676. The Morgan fingerprint density at radius 1 is 1.30 bits per heavy atom. The average molecular weight is 276 g/mol. The normalized spacial score (nSPS) is 21.9. The maximum Gasteiger partial charge on any atom is 0.244 e. The molecule has 3 rings (SSSR count). The molecule has 0 spiro atoms. The topological polar surface area (TPSA) is 50.8 Å². The van der Waals surface area contributed by atoms with Crippen LogP contribution in [0.2, 0.25) is 0 Å². The van der Waals surface area contributed by atoms with Crippen molar-refractivity contribution in [3.8, 4) is 11.5 Å². The van der Waals surface area contributed by atoms with E-state index in [9.17, 15) is 4.79 Å². The van der Waals surface area contributed by atoms with Crippen LogP contribution in [0.3, 0.4) is 0 Å². The highest BCUT2D eigenvalue weighted by Crippen LogP contribution is 2.34. The number of carbonyl (C=O) groups excluding carboxylic acids is 1. The second kappa shape index (κ2) is 5.71. The van der Waals surface area contributed by atoms with Crippen molar-refractivity contribution in [1.29, 1.82) is 0 Å². The highest BCUT2D eigenvalue weighted by Gasteiger charge is 2.29. The lowest BCUT2D eigenvalue weighted by Gasteiger charge is -2.33. The average Bonchev–Trinajstić information content (AvgIpc) is 2.49. The molecule has 0 saturated carbocycles. The Hall–Kier alpha value is -1.75. The molecule has 0 bridgehead atoms. The molecule has 1 saturated heterocycles. The van der Waals surface area contributed by atoms with Crippen LogP contribution in [-0.2, 0) is 4.79 Å². The lowest BCUT2D eigenvalue weighted by Crippen LogP contribution is -2.50. The number of likely N-dealkylation sites (N-methyl/N-ethyl adjacent to an activating group) is 1. The van der Waals surface area contributed by atoms with Gasteiger partial charge in [-0.2, -0.15) is 0 Å². The van der Waals surface area contributed by atoms with Gasteiger partial charge in [0.15, 0.2) is 11.5 Å². The highest BCUT2D eigenvalue weighted by molar-refractivity contribution is 5.98. The standard InChI is InChI=1S/C15H20N2O3/c1-2-16-12-4-3-7-17(15(12)18)11-5-6-13-14(10-11)20-9-8-19-13/h5-6,10,12,16H,2-4,7-9H2,1H3. The molecular weight excluding hydrogens is 256 g/mol. The van der Waals surface area contributed by atoms with E-state index in [0.29, 0.717) is 13.2 Å². The van der Waals surface area contributed by atoms with E-state index < -0.39 is 0 Å². The maximum atomic E-state index is 12.5. The monoisotopic (exact) mass is 276 g/mol. The molecule has 0 aliphatic carbocycles. The number of ether oxygens (including phenoxy) is 2. The van der Waals surface area contributed by atoms with Gasteiger partial charge in [-0.25, -0.2) is 0 Å². The number of nitrogens with zero attached hydrogens (tertiary/aromatic N) is 1. The molecule has 1 N–H and O–H groups in total. The first-order chi connectivity index (χ1) is 9.79. The molecule has 1 fully saturated rings. The Morgan fingerprint density at radius 2 is 2.10 bits per heavy atom. The van der Waals surface area contributed by atoms with Gasteiger partial charge in [0, 0.05) is 18.3 Å². The molecule has 1 unspecified atom stereocenters. The van der Waals surface area contributed by atoms with Crippen LogP contribution in [0.15, 0.2) is 18.2 Å². The van der Waals surface area contributed by atoms with Crippen molar-refractivity contribution in [3.05, 3.63) is 18.2 Å². The van der Waals surface area contributed by atoms with Crippen LogP contribution >= 0.6 is 0 Å². The van der Waals surface area contributed by atoms with Crippen LogP contribution in [0.25, 0.3) is 0 Å². The number of piperidine rings is 1. The van der Waals surface area contributed by atoms with E-state index >= 15 is 0 Å². The van der Waals surface area contributed by atoms with Gasteiger partial charge < -0.3 is 19.7 Å². The molecule has 1 aromatic rings. The van der Waals surface area contributed by atoms with Gasteiger partial charge >= 0.3 is 0 Å². The third-order valence-corrected chi connectivity index (χ3v) is 3.73. The summed E-state index contributed by atoms with van der Waals surface area (Å²) >= 11 is 0. The van der Waals surface area contributed by atoms with Crippen molar-refractivity contribution in [3.63, 3.8) is 0 Å². The lowest BCUT2D eigenvalue weighted by molar-refractivity contribution is -0.121. The molecule has 0 radical (unpaired) electrons. The van der Waals surface area contributed by atoms with Gasteiger partial charge in [0.2, 0.25) is 5.91 Å². The largest absolute Gasteiger partial charge is 0.486 e. The molecule has 1 amide bonds. The van der Waals surface area contributed by atoms with Gasteiger partial charge in [0.25, 0.3) is 0 Å².